The van der Waals surface area contributed by atoms with Crippen LogP contribution in [0.3, 0.4) is 0 Å². The van der Waals surface area contributed by atoms with Gasteiger partial charge in [-0.1, -0.05) is 19.3 Å². The molecule has 1 aromatic heterocycles. The Morgan fingerprint density at radius 1 is 1.03 bits per heavy atom. The number of carbonyl (C=O) groups is 1. The maximum Gasteiger partial charge on any atom is 0.227 e. The van der Waals surface area contributed by atoms with Gasteiger partial charge in [-0.3, -0.25) is 9.69 Å². The summed E-state index contributed by atoms with van der Waals surface area (Å²) in [6.07, 6.45) is 9.96. The zero-order valence-electron chi connectivity index (χ0n) is 17.6. The summed E-state index contributed by atoms with van der Waals surface area (Å²) in [5, 5.41) is 0.285. The maximum atomic E-state index is 13.0. The molecule has 29 heavy (non-hydrogen) atoms. The largest absolute Gasteiger partial charge is 0.340 e. The van der Waals surface area contributed by atoms with Crippen LogP contribution in [0.5, 0.6) is 0 Å². The molecule has 8 heteroatoms. The van der Waals surface area contributed by atoms with Crippen molar-refractivity contribution in [2.45, 2.75) is 70.1 Å². The van der Waals surface area contributed by atoms with Crippen molar-refractivity contribution in [1.29, 1.82) is 0 Å². The van der Waals surface area contributed by atoms with Crippen molar-refractivity contribution >= 4 is 15.7 Å². The minimum atomic E-state index is -3.34. The first-order chi connectivity index (χ1) is 13.9. The van der Waals surface area contributed by atoms with Crippen LogP contribution in [0.1, 0.15) is 57.6 Å². The van der Waals surface area contributed by atoms with Gasteiger partial charge in [0.15, 0.2) is 0 Å². The number of rotatable bonds is 7. The van der Waals surface area contributed by atoms with E-state index in [1.165, 1.54) is 32.1 Å². The second kappa shape index (κ2) is 8.76. The van der Waals surface area contributed by atoms with Crippen LogP contribution in [0.2, 0.25) is 0 Å². The van der Waals surface area contributed by atoms with Gasteiger partial charge in [0.25, 0.3) is 0 Å². The number of sulfone groups is 1. The lowest BCUT2D eigenvalue weighted by Gasteiger charge is -2.34. The Morgan fingerprint density at radius 2 is 1.72 bits per heavy atom. The molecule has 3 aliphatic rings. The summed E-state index contributed by atoms with van der Waals surface area (Å²) in [6, 6.07) is 0. The highest BCUT2D eigenvalue weighted by atomic mass is 32.2. The van der Waals surface area contributed by atoms with Gasteiger partial charge in [0.2, 0.25) is 20.9 Å². The Bertz CT molecular complexity index is 817. The van der Waals surface area contributed by atoms with Gasteiger partial charge >= 0.3 is 0 Å². The Hall–Kier alpha value is -1.41. The van der Waals surface area contributed by atoms with E-state index in [1.54, 1.807) is 13.1 Å². The van der Waals surface area contributed by atoms with Gasteiger partial charge in [-0.25, -0.2) is 13.4 Å². The normalized spacial score (nSPS) is 22.2. The Morgan fingerprint density at radius 3 is 2.34 bits per heavy atom. The molecule has 3 fully saturated rings. The molecule has 0 aromatic carbocycles. The summed E-state index contributed by atoms with van der Waals surface area (Å²) < 4.78 is 28.1. The molecule has 0 spiro atoms. The molecule has 1 aliphatic heterocycles. The summed E-state index contributed by atoms with van der Waals surface area (Å²) in [5.74, 6) is 1.23. The van der Waals surface area contributed by atoms with Gasteiger partial charge in [-0.15, -0.1) is 0 Å². The number of hydrogen-bond acceptors (Lipinski definition) is 5. The predicted molar refractivity (Wildman–Crippen MR) is 111 cm³/mol. The molecular formula is C21H34N4O3S. The average molecular weight is 423 g/mol. The van der Waals surface area contributed by atoms with E-state index in [1.807, 2.05) is 9.47 Å². The van der Waals surface area contributed by atoms with Crippen molar-refractivity contribution in [3.8, 4) is 0 Å². The first kappa shape index (κ1) is 20.8. The number of imidazole rings is 1. The number of amides is 1. The van der Waals surface area contributed by atoms with Crippen LogP contribution in [-0.2, 0) is 27.7 Å². The van der Waals surface area contributed by atoms with Gasteiger partial charge in [-0.2, -0.15) is 0 Å². The number of aromatic nitrogens is 2. The highest BCUT2D eigenvalue weighted by Crippen LogP contribution is 2.33. The van der Waals surface area contributed by atoms with Crippen LogP contribution >= 0.6 is 0 Å². The quantitative estimate of drug-likeness (QED) is 0.674. The minimum Gasteiger partial charge on any atom is -0.340 e. The van der Waals surface area contributed by atoms with Gasteiger partial charge in [0.1, 0.15) is 0 Å². The fourth-order valence-electron chi connectivity index (χ4n) is 4.71. The van der Waals surface area contributed by atoms with Crippen LogP contribution in [0, 0.1) is 11.8 Å². The highest BCUT2D eigenvalue weighted by Gasteiger charge is 2.33. The van der Waals surface area contributed by atoms with Crippen molar-refractivity contribution in [2.24, 2.45) is 11.8 Å². The Kier molecular flexibility index (Phi) is 6.30. The maximum absolute atomic E-state index is 13.0. The summed E-state index contributed by atoms with van der Waals surface area (Å²) in [5.41, 5.74) is 1.00. The van der Waals surface area contributed by atoms with E-state index >= 15 is 0 Å². The highest BCUT2D eigenvalue weighted by molar-refractivity contribution is 7.91. The van der Waals surface area contributed by atoms with Gasteiger partial charge < -0.3 is 9.47 Å². The minimum absolute atomic E-state index is 0.125. The average Bonchev–Trinajstić information content (AvgIpc) is 3.41. The molecule has 0 bridgehead atoms. The van der Waals surface area contributed by atoms with E-state index in [2.05, 4.69) is 9.88 Å². The Balaban J connectivity index is 1.52. The van der Waals surface area contributed by atoms with Crippen LogP contribution in [0.4, 0.5) is 0 Å². The summed E-state index contributed by atoms with van der Waals surface area (Å²) in [4.78, 5) is 20.2. The van der Waals surface area contributed by atoms with Crippen molar-refractivity contribution in [2.75, 3.05) is 31.9 Å². The van der Waals surface area contributed by atoms with Crippen molar-refractivity contribution in [3.63, 3.8) is 0 Å². The third-order valence-electron chi connectivity index (χ3n) is 6.70. The molecule has 2 aliphatic carbocycles. The van der Waals surface area contributed by atoms with Crippen molar-refractivity contribution < 1.29 is 13.2 Å². The number of hydrogen-bond donors (Lipinski definition) is 0. The summed E-state index contributed by atoms with van der Waals surface area (Å²) >= 11 is 0. The zero-order valence-corrected chi connectivity index (χ0v) is 18.4. The van der Waals surface area contributed by atoms with Crippen molar-refractivity contribution in [1.82, 2.24) is 19.4 Å². The molecule has 0 radical (unpaired) electrons. The molecular weight excluding hydrogens is 388 g/mol. The van der Waals surface area contributed by atoms with Crippen LogP contribution in [0.25, 0.3) is 0 Å². The van der Waals surface area contributed by atoms with E-state index in [-0.39, 0.29) is 16.8 Å². The van der Waals surface area contributed by atoms with E-state index in [9.17, 15) is 13.2 Å². The standard InChI is InChI=1S/C21H34N4O3S/c1-17(26)24-11-9-23(10-12-24)15-20-13-22-21(29(27,28)16-19-7-8-19)25(20)14-18-5-3-2-4-6-18/h13,18-19H,2-12,14-16H2,1H3. The number of carbonyl (C=O) groups excluding carboxylic acids is 1. The van der Waals surface area contributed by atoms with Gasteiger partial charge in [0, 0.05) is 46.2 Å². The Labute approximate surface area is 174 Å². The van der Waals surface area contributed by atoms with Crippen LogP contribution in [-0.4, -0.2) is 65.6 Å². The number of piperazine rings is 1. The molecule has 1 amide bonds. The molecule has 0 unspecified atom stereocenters. The SMILES string of the molecule is CC(=O)N1CCN(Cc2cnc(S(=O)(=O)CC3CC3)n2CC2CCCCC2)CC1. The van der Waals surface area contributed by atoms with Gasteiger partial charge in [-0.05, 0) is 37.5 Å². The molecule has 0 N–H and O–H groups in total. The first-order valence-electron chi connectivity index (χ1n) is 11.2. The second-order valence-electron chi connectivity index (χ2n) is 9.15. The summed E-state index contributed by atoms with van der Waals surface area (Å²) in [7, 11) is -3.34. The fourth-order valence-corrected chi connectivity index (χ4v) is 6.55. The van der Waals surface area contributed by atoms with E-state index in [4.69, 9.17) is 0 Å². The first-order valence-corrected chi connectivity index (χ1v) is 12.8. The van der Waals surface area contributed by atoms with Crippen molar-refractivity contribution in [3.05, 3.63) is 11.9 Å². The molecule has 1 saturated heterocycles. The molecule has 1 aromatic rings. The molecule has 7 nitrogen and oxygen atoms in total. The smallest absolute Gasteiger partial charge is 0.227 e. The molecule has 2 heterocycles. The molecule has 0 atom stereocenters. The lowest BCUT2D eigenvalue weighted by Crippen LogP contribution is -2.47. The lowest BCUT2D eigenvalue weighted by molar-refractivity contribution is -0.130. The molecule has 4 rings (SSSR count). The zero-order chi connectivity index (χ0) is 20.4. The third-order valence-corrected chi connectivity index (χ3v) is 8.49. The monoisotopic (exact) mass is 422 g/mol. The molecule has 162 valence electrons. The summed E-state index contributed by atoms with van der Waals surface area (Å²) in [6.45, 7) is 6.19. The van der Waals surface area contributed by atoms with E-state index < -0.39 is 9.84 Å². The van der Waals surface area contributed by atoms with E-state index in [0.29, 0.717) is 18.4 Å². The van der Waals surface area contributed by atoms with Crippen LogP contribution in [0.15, 0.2) is 11.4 Å². The second-order valence-corrected chi connectivity index (χ2v) is 11.1. The predicted octanol–water partition coefficient (Wildman–Crippen LogP) is 2.31. The molecule has 2 saturated carbocycles. The van der Waals surface area contributed by atoms with E-state index in [0.717, 1.165) is 51.3 Å². The topological polar surface area (TPSA) is 75.5 Å². The lowest BCUT2D eigenvalue weighted by atomic mass is 9.89. The fraction of sp³-hybridized carbons (Fsp3) is 0.810. The van der Waals surface area contributed by atoms with Crippen LogP contribution < -0.4 is 0 Å². The number of nitrogens with zero attached hydrogens (tertiary/aromatic N) is 4. The van der Waals surface area contributed by atoms with Gasteiger partial charge in [0.05, 0.1) is 17.6 Å². The third kappa shape index (κ3) is 5.20.